The molecule has 1 rings (SSSR count). The fraction of sp³-hybridized carbons (Fsp3) is 0.773. The number of carboxylic acids is 1. The van der Waals surface area contributed by atoms with Crippen molar-refractivity contribution in [2.75, 3.05) is 0 Å². The number of ether oxygens (including phenoxy) is 1. The molecule has 1 N–H and O–H groups in total. The molecule has 0 aromatic rings. The van der Waals surface area contributed by atoms with E-state index >= 15 is 0 Å². The molecule has 0 aromatic carbocycles. The van der Waals surface area contributed by atoms with Gasteiger partial charge in [-0.2, -0.15) is 0 Å². The summed E-state index contributed by atoms with van der Waals surface area (Å²) < 4.78 is 6.28. The number of carboxylic acid groups (broad SMARTS) is 1. The van der Waals surface area contributed by atoms with E-state index in [1.807, 2.05) is 12.2 Å². The minimum absolute atomic E-state index is 0.482. The molecule has 0 aromatic heterocycles. The first-order valence-corrected chi connectivity index (χ1v) is 10.3. The van der Waals surface area contributed by atoms with Crippen molar-refractivity contribution in [2.24, 2.45) is 11.8 Å². The summed E-state index contributed by atoms with van der Waals surface area (Å²) in [4.78, 5) is 10.3. The van der Waals surface area contributed by atoms with E-state index in [4.69, 9.17) is 9.84 Å². The molecule has 3 nitrogen and oxygen atoms in total. The van der Waals surface area contributed by atoms with Gasteiger partial charge in [0.15, 0.2) is 0 Å². The number of carbonyl (C=O) groups is 1. The van der Waals surface area contributed by atoms with Crippen LogP contribution in [0.4, 0.5) is 0 Å². The van der Waals surface area contributed by atoms with E-state index < -0.39 is 5.97 Å². The van der Waals surface area contributed by atoms with Gasteiger partial charge in [0.05, 0.1) is 12.2 Å². The molecule has 1 fully saturated rings. The van der Waals surface area contributed by atoms with Crippen LogP contribution in [0.25, 0.3) is 0 Å². The molecule has 4 unspecified atom stereocenters. The highest BCUT2D eigenvalue weighted by atomic mass is 16.5. The smallest absolute Gasteiger partial charge is 0.328 e. The number of allylic oxidation sites excluding steroid dienone is 3. The van der Waals surface area contributed by atoms with Gasteiger partial charge in [-0.3, -0.25) is 0 Å². The van der Waals surface area contributed by atoms with Crippen LogP contribution in [0.3, 0.4) is 0 Å². The van der Waals surface area contributed by atoms with Crippen LogP contribution in [0.2, 0.25) is 0 Å². The number of rotatable bonds is 13. The maximum Gasteiger partial charge on any atom is 0.328 e. The summed E-state index contributed by atoms with van der Waals surface area (Å²) in [7, 11) is 0. The summed E-state index contributed by atoms with van der Waals surface area (Å²) in [5, 5.41) is 8.46. The number of unbranched alkanes of at least 4 members (excludes halogenated alkanes) is 6. The van der Waals surface area contributed by atoms with Crippen molar-refractivity contribution in [1.29, 1.82) is 0 Å². The van der Waals surface area contributed by atoms with Gasteiger partial charge < -0.3 is 9.84 Å². The third kappa shape index (κ3) is 9.25. The van der Waals surface area contributed by atoms with Gasteiger partial charge in [-0.1, -0.05) is 77.5 Å². The zero-order valence-corrected chi connectivity index (χ0v) is 16.5. The minimum atomic E-state index is -0.891. The third-order valence-corrected chi connectivity index (χ3v) is 5.52. The van der Waals surface area contributed by atoms with Crippen molar-refractivity contribution in [1.82, 2.24) is 0 Å². The van der Waals surface area contributed by atoms with E-state index in [1.54, 1.807) is 6.08 Å². The largest absolute Gasteiger partial charge is 0.478 e. The molecule has 0 radical (unpaired) electrons. The van der Waals surface area contributed by atoms with E-state index in [2.05, 4.69) is 20.8 Å². The normalized spacial score (nSPS) is 26.8. The highest BCUT2D eigenvalue weighted by Gasteiger charge is 2.37. The summed E-state index contributed by atoms with van der Waals surface area (Å²) in [6.07, 6.45) is 20.0. The van der Waals surface area contributed by atoms with Gasteiger partial charge in [-0.25, -0.2) is 4.79 Å². The Balaban J connectivity index is 1.98. The molecule has 144 valence electrons. The predicted molar refractivity (Wildman–Crippen MR) is 105 cm³/mol. The summed E-state index contributed by atoms with van der Waals surface area (Å²) in [6.45, 7) is 6.97. The van der Waals surface area contributed by atoms with Gasteiger partial charge in [-0.05, 0) is 37.5 Å². The van der Waals surface area contributed by atoms with E-state index in [-0.39, 0.29) is 0 Å². The van der Waals surface area contributed by atoms with Gasteiger partial charge in [0.25, 0.3) is 0 Å². The molecule has 0 saturated carbocycles. The van der Waals surface area contributed by atoms with Crippen LogP contribution < -0.4 is 0 Å². The van der Waals surface area contributed by atoms with Gasteiger partial charge in [-0.15, -0.1) is 0 Å². The van der Waals surface area contributed by atoms with Crippen molar-refractivity contribution in [3.8, 4) is 0 Å². The van der Waals surface area contributed by atoms with Gasteiger partial charge >= 0.3 is 5.97 Å². The van der Waals surface area contributed by atoms with Crippen LogP contribution in [0.1, 0.15) is 85.0 Å². The average molecular weight is 351 g/mol. The van der Waals surface area contributed by atoms with Crippen molar-refractivity contribution < 1.29 is 14.6 Å². The standard InChI is InChI=1S/C22H38O3/c1-4-15-20-18(2)19(3)21(25-20)16-13-11-9-7-5-6-8-10-12-14-17-22(23)24/h10,12,14,17-21H,4-9,11,13,15-16H2,1-3H3,(H,23,24). The maximum absolute atomic E-state index is 10.3. The molecular formula is C22H38O3. The molecular weight excluding hydrogens is 312 g/mol. The summed E-state index contributed by atoms with van der Waals surface area (Å²) in [5.74, 6) is 0.527. The lowest BCUT2D eigenvalue weighted by Crippen LogP contribution is -2.16. The lowest BCUT2D eigenvalue weighted by atomic mass is 9.87. The van der Waals surface area contributed by atoms with Crippen molar-refractivity contribution >= 4 is 5.97 Å². The predicted octanol–water partition coefficient (Wildman–Crippen LogP) is 6.14. The number of hydrogen-bond donors (Lipinski definition) is 1. The van der Waals surface area contributed by atoms with E-state index in [1.165, 1.54) is 57.8 Å². The third-order valence-electron chi connectivity index (χ3n) is 5.52. The van der Waals surface area contributed by atoms with Crippen molar-refractivity contribution in [3.63, 3.8) is 0 Å². The highest BCUT2D eigenvalue weighted by molar-refractivity contribution is 5.80. The molecule has 0 amide bonds. The van der Waals surface area contributed by atoms with Crippen LogP contribution in [0, 0.1) is 11.8 Å². The van der Waals surface area contributed by atoms with Crippen molar-refractivity contribution in [3.05, 3.63) is 24.3 Å². The zero-order valence-electron chi connectivity index (χ0n) is 16.5. The van der Waals surface area contributed by atoms with Crippen LogP contribution in [-0.4, -0.2) is 23.3 Å². The SMILES string of the molecule is CCCC1OC(CCCCCCCCC=CC=CC(=O)O)C(C)C1C. The molecule has 4 atom stereocenters. The Morgan fingerprint density at radius 3 is 2.16 bits per heavy atom. The molecule has 0 aliphatic carbocycles. The Morgan fingerprint density at radius 2 is 1.52 bits per heavy atom. The van der Waals surface area contributed by atoms with Crippen LogP contribution in [-0.2, 0) is 9.53 Å². The second kappa shape index (κ2) is 13.2. The molecule has 25 heavy (non-hydrogen) atoms. The number of hydrogen-bond acceptors (Lipinski definition) is 2. The van der Waals surface area contributed by atoms with Gasteiger partial charge in [0.2, 0.25) is 0 Å². The fourth-order valence-electron chi connectivity index (χ4n) is 3.72. The minimum Gasteiger partial charge on any atom is -0.478 e. The fourth-order valence-corrected chi connectivity index (χ4v) is 3.72. The Morgan fingerprint density at radius 1 is 0.920 bits per heavy atom. The summed E-state index contributed by atoms with van der Waals surface area (Å²) in [5.41, 5.74) is 0. The molecule has 1 aliphatic heterocycles. The van der Waals surface area contributed by atoms with Crippen LogP contribution >= 0.6 is 0 Å². The summed E-state index contributed by atoms with van der Waals surface area (Å²) in [6, 6.07) is 0. The number of aliphatic carboxylic acids is 1. The van der Waals surface area contributed by atoms with Crippen LogP contribution in [0.5, 0.6) is 0 Å². The Bertz CT molecular complexity index is 413. The monoisotopic (exact) mass is 350 g/mol. The Kier molecular flexibility index (Phi) is 11.6. The zero-order chi connectivity index (χ0) is 18.5. The Hall–Kier alpha value is -1.09. The first kappa shape index (κ1) is 22.0. The lowest BCUT2D eigenvalue weighted by Gasteiger charge is -2.15. The van der Waals surface area contributed by atoms with E-state index in [0.717, 1.165) is 12.5 Å². The first-order valence-electron chi connectivity index (χ1n) is 10.3. The maximum atomic E-state index is 10.3. The highest BCUT2D eigenvalue weighted by Crippen LogP contribution is 2.36. The molecule has 1 saturated heterocycles. The van der Waals surface area contributed by atoms with Gasteiger partial charge in [0, 0.05) is 6.08 Å². The first-order chi connectivity index (χ1) is 12.1. The molecule has 1 heterocycles. The van der Waals surface area contributed by atoms with Crippen LogP contribution in [0.15, 0.2) is 24.3 Å². The average Bonchev–Trinajstić information content (AvgIpc) is 2.84. The Labute approximate surface area is 154 Å². The molecule has 3 heteroatoms. The topological polar surface area (TPSA) is 46.5 Å². The molecule has 1 aliphatic rings. The van der Waals surface area contributed by atoms with Crippen molar-refractivity contribution in [2.45, 2.75) is 97.2 Å². The van der Waals surface area contributed by atoms with E-state index in [9.17, 15) is 4.79 Å². The van der Waals surface area contributed by atoms with Gasteiger partial charge in [0.1, 0.15) is 0 Å². The lowest BCUT2D eigenvalue weighted by molar-refractivity contribution is -0.131. The quantitative estimate of drug-likeness (QED) is 0.246. The second-order valence-corrected chi connectivity index (χ2v) is 7.54. The molecule has 0 spiro atoms. The summed E-state index contributed by atoms with van der Waals surface area (Å²) >= 11 is 0. The second-order valence-electron chi connectivity index (χ2n) is 7.54. The molecule has 0 bridgehead atoms. The van der Waals surface area contributed by atoms with E-state index in [0.29, 0.717) is 24.0 Å².